The fourth-order valence-electron chi connectivity index (χ4n) is 2.25. The number of carbonyl (C=O) groups excluding carboxylic acids is 2. The van der Waals surface area contributed by atoms with E-state index in [1.54, 1.807) is 4.90 Å². The van der Waals surface area contributed by atoms with E-state index in [1.807, 2.05) is 13.8 Å². The van der Waals surface area contributed by atoms with Gasteiger partial charge in [-0.15, -0.1) is 0 Å². The Morgan fingerprint density at radius 2 is 2.21 bits per heavy atom. The number of carboxylic acid groups (broad SMARTS) is 1. The van der Waals surface area contributed by atoms with E-state index in [1.165, 1.54) is 0 Å². The van der Waals surface area contributed by atoms with Gasteiger partial charge in [0.2, 0.25) is 11.8 Å². The summed E-state index contributed by atoms with van der Waals surface area (Å²) in [7, 11) is 0. The summed E-state index contributed by atoms with van der Waals surface area (Å²) in [6.45, 7) is 4.88. The van der Waals surface area contributed by atoms with Crippen LogP contribution in [0.2, 0.25) is 0 Å². The molecule has 1 saturated heterocycles. The minimum Gasteiger partial charge on any atom is -0.481 e. The maximum Gasteiger partial charge on any atom is 0.303 e. The summed E-state index contributed by atoms with van der Waals surface area (Å²) in [5.74, 6) is -1.17. The highest BCUT2D eigenvalue weighted by Crippen LogP contribution is 2.17. The Morgan fingerprint density at radius 1 is 1.53 bits per heavy atom. The lowest BCUT2D eigenvalue weighted by atomic mass is 10.1. The highest BCUT2D eigenvalue weighted by molar-refractivity contribution is 5.89. The fourth-order valence-corrected chi connectivity index (χ4v) is 2.25. The summed E-state index contributed by atoms with van der Waals surface area (Å²) >= 11 is 0. The number of hydrogen-bond acceptors (Lipinski definition) is 3. The lowest BCUT2D eigenvalue weighted by molar-refractivity contribution is -0.137. The largest absolute Gasteiger partial charge is 0.481 e. The van der Waals surface area contributed by atoms with E-state index in [9.17, 15) is 14.4 Å². The van der Waals surface area contributed by atoms with E-state index in [4.69, 9.17) is 5.11 Å². The molecule has 1 aliphatic rings. The molecule has 0 aliphatic carbocycles. The van der Waals surface area contributed by atoms with Crippen LogP contribution in [0.1, 0.15) is 39.5 Å². The summed E-state index contributed by atoms with van der Waals surface area (Å²) in [6, 6.07) is -0.0578. The molecule has 1 fully saturated rings. The number of aliphatic carboxylic acids is 1. The average Bonchev–Trinajstić information content (AvgIpc) is 2.70. The Bertz CT molecular complexity index is 357. The fraction of sp³-hybridized carbons (Fsp3) is 0.769. The molecule has 0 aromatic rings. The zero-order chi connectivity index (χ0) is 14.4. The average molecular weight is 270 g/mol. The molecule has 1 rings (SSSR count). The van der Waals surface area contributed by atoms with E-state index >= 15 is 0 Å². The minimum absolute atomic E-state index is 0.0289. The van der Waals surface area contributed by atoms with Crippen molar-refractivity contribution in [3.63, 3.8) is 0 Å². The topological polar surface area (TPSA) is 86.7 Å². The van der Waals surface area contributed by atoms with E-state index in [2.05, 4.69) is 5.32 Å². The third kappa shape index (κ3) is 4.89. The third-order valence-corrected chi connectivity index (χ3v) is 3.38. The number of carbonyl (C=O) groups is 3. The number of nitrogens with zero attached hydrogens (tertiary/aromatic N) is 1. The van der Waals surface area contributed by atoms with Crippen molar-refractivity contribution in [1.82, 2.24) is 10.2 Å². The van der Waals surface area contributed by atoms with Crippen LogP contribution in [0, 0.1) is 5.92 Å². The molecular weight excluding hydrogens is 248 g/mol. The number of hydrogen-bond donors (Lipinski definition) is 2. The molecule has 6 nitrogen and oxygen atoms in total. The number of amides is 2. The number of rotatable bonds is 7. The molecule has 0 spiro atoms. The lowest BCUT2D eigenvalue weighted by Crippen LogP contribution is -2.38. The summed E-state index contributed by atoms with van der Waals surface area (Å²) in [4.78, 5) is 35.6. The van der Waals surface area contributed by atoms with Gasteiger partial charge in [0.25, 0.3) is 0 Å². The predicted octanol–water partition coefficient (Wildman–Crippen LogP) is 0.614. The monoisotopic (exact) mass is 270 g/mol. The maximum atomic E-state index is 12.0. The number of nitrogens with one attached hydrogen (secondary N) is 1. The quantitative estimate of drug-likeness (QED) is 0.710. The molecule has 0 radical (unpaired) electrons. The van der Waals surface area contributed by atoms with Crippen LogP contribution in [0.25, 0.3) is 0 Å². The molecule has 0 bridgehead atoms. The van der Waals surface area contributed by atoms with Crippen LogP contribution in [0.5, 0.6) is 0 Å². The normalized spacial score (nSPS) is 20.4. The molecule has 0 saturated carbocycles. The van der Waals surface area contributed by atoms with Crippen LogP contribution in [0.4, 0.5) is 0 Å². The molecule has 2 amide bonds. The smallest absolute Gasteiger partial charge is 0.303 e. The van der Waals surface area contributed by atoms with Gasteiger partial charge in [-0.1, -0.05) is 0 Å². The summed E-state index contributed by atoms with van der Waals surface area (Å²) < 4.78 is 0. The van der Waals surface area contributed by atoms with Crippen molar-refractivity contribution in [2.45, 2.75) is 45.6 Å². The van der Waals surface area contributed by atoms with E-state index < -0.39 is 5.97 Å². The van der Waals surface area contributed by atoms with Gasteiger partial charge in [-0.05, 0) is 26.7 Å². The highest BCUT2D eigenvalue weighted by Gasteiger charge is 2.33. The highest BCUT2D eigenvalue weighted by atomic mass is 16.4. The van der Waals surface area contributed by atoms with Crippen molar-refractivity contribution < 1.29 is 19.5 Å². The Kier molecular flexibility index (Phi) is 5.79. The second kappa shape index (κ2) is 7.11. The molecule has 1 aliphatic heterocycles. The van der Waals surface area contributed by atoms with Crippen LogP contribution >= 0.6 is 0 Å². The molecule has 0 aromatic heterocycles. The Balaban J connectivity index is 2.31. The molecule has 2 N–H and O–H groups in total. The van der Waals surface area contributed by atoms with Gasteiger partial charge < -0.3 is 15.3 Å². The third-order valence-electron chi connectivity index (χ3n) is 3.38. The van der Waals surface area contributed by atoms with Crippen molar-refractivity contribution >= 4 is 17.8 Å². The maximum absolute atomic E-state index is 12.0. The summed E-state index contributed by atoms with van der Waals surface area (Å²) in [5.41, 5.74) is 0. The lowest BCUT2D eigenvalue weighted by Gasteiger charge is -2.17. The van der Waals surface area contributed by atoms with Crippen LogP contribution in [0.15, 0.2) is 0 Å². The van der Waals surface area contributed by atoms with Crippen LogP contribution < -0.4 is 5.32 Å². The van der Waals surface area contributed by atoms with Gasteiger partial charge >= 0.3 is 5.97 Å². The minimum atomic E-state index is -0.821. The van der Waals surface area contributed by atoms with Gasteiger partial charge in [0.05, 0.1) is 5.92 Å². The number of carboxylic acids is 1. The standard InChI is InChI=1S/C13H22N2O4/c1-3-15-8-10(7-11(15)16)13(19)14-9(2)5-4-6-12(17)18/h9-10H,3-8H2,1-2H3,(H,14,19)(H,17,18). The van der Waals surface area contributed by atoms with Crippen molar-refractivity contribution in [2.24, 2.45) is 5.92 Å². The molecule has 108 valence electrons. The first-order valence-corrected chi connectivity index (χ1v) is 6.74. The van der Waals surface area contributed by atoms with Crippen molar-refractivity contribution in [3.8, 4) is 0 Å². The van der Waals surface area contributed by atoms with Crippen molar-refractivity contribution in [3.05, 3.63) is 0 Å². The molecule has 1 heterocycles. The van der Waals surface area contributed by atoms with Gasteiger partial charge in [0.1, 0.15) is 0 Å². The molecular formula is C13H22N2O4. The molecule has 2 unspecified atom stereocenters. The van der Waals surface area contributed by atoms with Gasteiger partial charge in [0.15, 0.2) is 0 Å². The molecule has 19 heavy (non-hydrogen) atoms. The van der Waals surface area contributed by atoms with Crippen molar-refractivity contribution in [1.29, 1.82) is 0 Å². The summed E-state index contributed by atoms with van der Waals surface area (Å²) in [5, 5.41) is 11.4. The molecule has 0 aromatic carbocycles. The molecule has 2 atom stereocenters. The SMILES string of the molecule is CCN1CC(C(=O)NC(C)CCCC(=O)O)CC1=O. The van der Waals surface area contributed by atoms with Gasteiger partial charge in [-0.2, -0.15) is 0 Å². The van der Waals surface area contributed by atoms with Crippen LogP contribution in [-0.4, -0.2) is 46.9 Å². The van der Waals surface area contributed by atoms with E-state index in [-0.39, 0.29) is 36.6 Å². The van der Waals surface area contributed by atoms with E-state index in [0.29, 0.717) is 25.9 Å². The zero-order valence-electron chi connectivity index (χ0n) is 11.5. The molecule has 6 heteroatoms. The van der Waals surface area contributed by atoms with Crippen LogP contribution in [-0.2, 0) is 14.4 Å². The zero-order valence-corrected chi connectivity index (χ0v) is 11.5. The second-order valence-corrected chi connectivity index (χ2v) is 5.03. The van der Waals surface area contributed by atoms with Gasteiger partial charge in [-0.25, -0.2) is 0 Å². The first-order chi connectivity index (χ1) is 8.93. The first kappa shape index (κ1) is 15.5. The second-order valence-electron chi connectivity index (χ2n) is 5.03. The predicted molar refractivity (Wildman–Crippen MR) is 69.5 cm³/mol. The summed E-state index contributed by atoms with van der Waals surface area (Å²) in [6.07, 6.45) is 1.57. The van der Waals surface area contributed by atoms with E-state index in [0.717, 1.165) is 0 Å². The Morgan fingerprint density at radius 3 is 2.74 bits per heavy atom. The van der Waals surface area contributed by atoms with Gasteiger partial charge in [-0.3, -0.25) is 14.4 Å². The van der Waals surface area contributed by atoms with Gasteiger partial charge in [0, 0.05) is 32.0 Å². The van der Waals surface area contributed by atoms with Crippen molar-refractivity contribution in [2.75, 3.05) is 13.1 Å². The first-order valence-electron chi connectivity index (χ1n) is 6.74. The van der Waals surface area contributed by atoms with Crippen LogP contribution in [0.3, 0.4) is 0 Å². The number of likely N-dealkylation sites (tertiary alicyclic amines) is 1. The Labute approximate surface area is 113 Å². The Hall–Kier alpha value is -1.59.